The number of methoxy groups -OCH3 is 1. The maximum Gasteiger partial charge on any atom is 0.416 e. The van der Waals surface area contributed by atoms with Gasteiger partial charge in [-0.05, 0) is 23.8 Å². The first-order chi connectivity index (χ1) is 19.7. The van der Waals surface area contributed by atoms with Crippen molar-refractivity contribution in [3.8, 4) is 27.7 Å². The monoisotopic (exact) mass is 575 g/mol. The van der Waals surface area contributed by atoms with Gasteiger partial charge in [-0.2, -0.15) is 13.2 Å². The predicted molar refractivity (Wildman–Crippen MR) is 151 cm³/mol. The summed E-state index contributed by atoms with van der Waals surface area (Å²) in [5, 5.41) is 1.35. The van der Waals surface area contributed by atoms with E-state index in [1.165, 1.54) is 29.8 Å². The maximum absolute atomic E-state index is 13.4. The molecule has 0 saturated carbocycles. The average Bonchev–Trinajstić information content (AvgIpc) is 3.54. The predicted octanol–water partition coefficient (Wildman–Crippen LogP) is 6.38. The molecule has 7 nitrogen and oxygen atoms in total. The van der Waals surface area contributed by atoms with Crippen LogP contribution in [0.4, 0.5) is 13.2 Å². The van der Waals surface area contributed by atoms with Gasteiger partial charge in [-0.25, -0.2) is 15.0 Å². The molecule has 0 fully saturated rings. The summed E-state index contributed by atoms with van der Waals surface area (Å²) < 4.78 is 46.4. The molecule has 11 heteroatoms. The second kappa shape index (κ2) is 10.5. The van der Waals surface area contributed by atoms with Crippen LogP contribution >= 0.6 is 11.3 Å². The first-order valence-electron chi connectivity index (χ1n) is 12.8. The second-order valence-electron chi connectivity index (χ2n) is 9.58. The summed E-state index contributed by atoms with van der Waals surface area (Å²) in [7, 11) is 3.46. The zero-order chi connectivity index (χ0) is 28.7. The summed E-state index contributed by atoms with van der Waals surface area (Å²) in [6.07, 6.45) is 1.01. The number of hydrogen-bond donors (Lipinski definition) is 0. The van der Waals surface area contributed by atoms with Crippen molar-refractivity contribution in [2.24, 2.45) is 7.05 Å². The number of aryl methyl sites for hydroxylation is 1. The Labute approximate surface area is 237 Å². The number of thiazole rings is 1. The Morgan fingerprint density at radius 2 is 1.80 bits per heavy atom. The van der Waals surface area contributed by atoms with Gasteiger partial charge in [0.15, 0.2) is 0 Å². The van der Waals surface area contributed by atoms with Crippen LogP contribution < -0.4 is 4.74 Å². The Hall–Kier alpha value is -4.51. The highest BCUT2D eigenvalue weighted by Gasteiger charge is 2.30. The number of fused-ring (bicyclic) bond motifs is 2. The molecule has 41 heavy (non-hydrogen) atoms. The number of aromatic nitrogens is 4. The van der Waals surface area contributed by atoms with Gasteiger partial charge >= 0.3 is 6.18 Å². The number of alkyl halides is 3. The number of carbonyl (C=O) groups excluding carboxylic acids is 1. The zero-order valence-corrected chi connectivity index (χ0v) is 23.0. The molecule has 1 aliphatic rings. The van der Waals surface area contributed by atoms with Gasteiger partial charge in [0.2, 0.25) is 11.8 Å². The van der Waals surface area contributed by atoms with Gasteiger partial charge in [0.25, 0.3) is 0 Å². The average molecular weight is 576 g/mol. The number of halogens is 3. The molecule has 208 valence electrons. The number of carbonyl (C=O) groups is 1. The number of hydrogen-bond acceptors (Lipinski definition) is 6. The largest absolute Gasteiger partial charge is 0.480 e. The zero-order valence-electron chi connectivity index (χ0n) is 22.1. The van der Waals surface area contributed by atoms with Crippen LogP contribution in [-0.2, 0) is 31.0 Å². The highest BCUT2D eigenvalue weighted by molar-refractivity contribution is 7.15. The Morgan fingerprint density at radius 3 is 2.51 bits per heavy atom. The topological polar surface area (TPSA) is 73.1 Å². The van der Waals surface area contributed by atoms with Crippen LogP contribution in [0.25, 0.3) is 38.9 Å². The van der Waals surface area contributed by atoms with Crippen LogP contribution in [-0.4, -0.2) is 44.0 Å². The quantitative estimate of drug-likeness (QED) is 0.227. The molecule has 0 atom stereocenters. The van der Waals surface area contributed by atoms with Crippen molar-refractivity contribution in [1.82, 2.24) is 24.4 Å². The highest BCUT2D eigenvalue weighted by atomic mass is 32.1. The molecule has 6 rings (SSSR count). The van der Waals surface area contributed by atoms with Crippen LogP contribution in [0.1, 0.15) is 21.7 Å². The molecule has 0 saturated heterocycles. The van der Waals surface area contributed by atoms with Crippen molar-refractivity contribution in [2.75, 3.05) is 13.7 Å². The van der Waals surface area contributed by atoms with E-state index in [1.54, 1.807) is 24.2 Å². The van der Waals surface area contributed by atoms with E-state index in [2.05, 4.69) is 15.0 Å². The van der Waals surface area contributed by atoms with E-state index >= 15 is 0 Å². The smallest absolute Gasteiger partial charge is 0.416 e. The summed E-state index contributed by atoms with van der Waals surface area (Å²) in [6, 6.07) is 14.8. The van der Waals surface area contributed by atoms with E-state index in [0.29, 0.717) is 47.0 Å². The fourth-order valence-corrected chi connectivity index (χ4v) is 6.15. The lowest BCUT2D eigenvalue weighted by Gasteiger charge is -2.24. The summed E-state index contributed by atoms with van der Waals surface area (Å²) in [5.74, 6) is 0.243. The van der Waals surface area contributed by atoms with Crippen molar-refractivity contribution in [3.63, 3.8) is 0 Å². The van der Waals surface area contributed by atoms with Gasteiger partial charge in [-0.15, -0.1) is 11.3 Å². The Balaban J connectivity index is 1.28. The van der Waals surface area contributed by atoms with Crippen LogP contribution in [0.2, 0.25) is 0 Å². The summed E-state index contributed by atoms with van der Waals surface area (Å²) in [4.78, 5) is 29.5. The molecule has 3 aromatic heterocycles. The van der Waals surface area contributed by atoms with Gasteiger partial charge in [0.1, 0.15) is 17.0 Å². The number of nitrogens with zero attached hydrogens (tertiary/aromatic N) is 5. The van der Waals surface area contributed by atoms with Crippen LogP contribution in [0, 0.1) is 0 Å². The summed E-state index contributed by atoms with van der Waals surface area (Å²) in [6.45, 7) is 0.835. The first kappa shape index (κ1) is 26.7. The molecule has 0 aliphatic carbocycles. The molecule has 1 aliphatic heterocycles. The highest BCUT2D eigenvalue weighted by Crippen LogP contribution is 2.38. The lowest BCUT2D eigenvalue weighted by Crippen LogP contribution is -2.34. The molecular weight excluding hydrogens is 551 g/mol. The van der Waals surface area contributed by atoms with Crippen molar-refractivity contribution >= 4 is 34.4 Å². The fraction of sp³-hybridized carbons (Fsp3) is 0.200. The van der Waals surface area contributed by atoms with Crippen molar-refractivity contribution < 1.29 is 22.7 Å². The molecule has 2 aromatic carbocycles. The normalized spacial score (nSPS) is 13.6. The minimum absolute atomic E-state index is 0.174. The Morgan fingerprint density at radius 1 is 1.05 bits per heavy atom. The van der Waals surface area contributed by atoms with Crippen molar-refractivity contribution in [2.45, 2.75) is 19.1 Å². The van der Waals surface area contributed by atoms with Gasteiger partial charge in [0, 0.05) is 42.1 Å². The third-order valence-electron chi connectivity index (χ3n) is 7.10. The molecule has 4 heterocycles. The van der Waals surface area contributed by atoms with Gasteiger partial charge in [-0.3, -0.25) is 4.79 Å². The minimum atomic E-state index is -4.39. The molecule has 0 bridgehead atoms. The van der Waals surface area contributed by atoms with Crippen LogP contribution in [0.15, 0.2) is 67.0 Å². The number of rotatable bonds is 5. The van der Waals surface area contributed by atoms with E-state index in [1.807, 2.05) is 41.9 Å². The first-order valence-corrected chi connectivity index (χ1v) is 13.6. The molecule has 0 spiro atoms. The second-order valence-corrected chi connectivity index (χ2v) is 10.7. The lowest BCUT2D eigenvalue weighted by atomic mass is 10.1. The van der Waals surface area contributed by atoms with Crippen LogP contribution in [0.3, 0.4) is 0 Å². The van der Waals surface area contributed by atoms with E-state index in [9.17, 15) is 18.0 Å². The Kier molecular flexibility index (Phi) is 6.82. The number of benzene rings is 2. The van der Waals surface area contributed by atoms with E-state index in [-0.39, 0.29) is 5.91 Å². The number of ether oxygens (including phenoxy) is 1. The van der Waals surface area contributed by atoms with Gasteiger partial charge < -0.3 is 14.2 Å². The van der Waals surface area contributed by atoms with Crippen LogP contribution in [0.5, 0.6) is 5.88 Å². The molecule has 5 aromatic rings. The SMILES string of the molecule is COc1ncnc2c1c(/C=C/C(=O)N1CCc3sc(-c4ccc(C(F)(F)F)cc4)nc3C1)c(-c1ccccc1)n2C. The summed E-state index contributed by atoms with van der Waals surface area (Å²) in [5.41, 5.74) is 3.99. The third-order valence-corrected chi connectivity index (χ3v) is 8.31. The van der Waals surface area contributed by atoms with Gasteiger partial charge in [-0.1, -0.05) is 42.5 Å². The van der Waals surface area contributed by atoms with E-state index in [4.69, 9.17) is 4.74 Å². The molecular formula is C30H24F3N5O2S. The lowest BCUT2D eigenvalue weighted by molar-refractivity contribution is -0.137. The molecule has 1 amide bonds. The van der Waals surface area contributed by atoms with Gasteiger partial charge in [0.05, 0.1) is 36.0 Å². The Bertz CT molecular complexity index is 1780. The number of amides is 1. The molecule has 0 unspecified atom stereocenters. The third kappa shape index (κ3) is 4.97. The van der Waals surface area contributed by atoms with E-state index in [0.717, 1.165) is 39.5 Å². The standard InChI is InChI=1S/C30H24F3N5O2S/c1-37-26(18-6-4-3-5-7-18)21(25-27(37)34-17-35-28(25)40-2)12-13-24(39)38-15-14-23-22(16-38)36-29(41-23)19-8-10-20(11-9-19)30(31,32)33/h3-13,17H,14-16H2,1-2H3/b13-12+. The molecule has 0 radical (unpaired) electrons. The fourth-order valence-electron chi connectivity index (χ4n) is 5.09. The van der Waals surface area contributed by atoms with Crippen molar-refractivity contribution in [1.29, 1.82) is 0 Å². The summed E-state index contributed by atoms with van der Waals surface area (Å²) >= 11 is 1.45. The minimum Gasteiger partial charge on any atom is -0.480 e. The maximum atomic E-state index is 13.4. The van der Waals surface area contributed by atoms with E-state index < -0.39 is 11.7 Å². The molecule has 0 N–H and O–H groups in total. The van der Waals surface area contributed by atoms with Crippen molar-refractivity contribution in [3.05, 3.63) is 88.7 Å².